The average Bonchev–Trinajstić information content (AvgIpc) is 2.49. The SMILES string of the molecule is CCNC(=O)N1CCC(Oc2ccccc2C#N)CC1. The molecule has 106 valence electrons. The van der Waals surface area contributed by atoms with Gasteiger partial charge in [0.15, 0.2) is 0 Å². The minimum atomic E-state index is -0.0108. The van der Waals surface area contributed by atoms with Crippen molar-refractivity contribution in [3.63, 3.8) is 0 Å². The maximum atomic E-state index is 11.7. The van der Waals surface area contributed by atoms with Crippen molar-refractivity contribution in [2.45, 2.75) is 25.9 Å². The molecule has 0 aliphatic carbocycles. The van der Waals surface area contributed by atoms with Gasteiger partial charge in [-0.1, -0.05) is 12.1 Å². The Labute approximate surface area is 119 Å². The van der Waals surface area contributed by atoms with Gasteiger partial charge in [-0.15, -0.1) is 0 Å². The van der Waals surface area contributed by atoms with E-state index in [1.54, 1.807) is 11.0 Å². The Balaban J connectivity index is 1.89. The van der Waals surface area contributed by atoms with Crippen LogP contribution in [0.3, 0.4) is 0 Å². The first-order valence-corrected chi connectivity index (χ1v) is 6.93. The molecular formula is C15H19N3O2. The molecule has 5 heteroatoms. The lowest BCUT2D eigenvalue weighted by Crippen LogP contribution is -2.46. The molecule has 2 rings (SSSR count). The van der Waals surface area contributed by atoms with Gasteiger partial charge in [0.1, 0.15) is 17.9 Å². The number of carbonyl (C=O) groups is 1. The summed E-state index contributed by atoms with van der Waals surface area (Å²) < 4.78 is 5.88. The van der Waals surface area contributed by atoms with Gasteiger partial charge in [-0.05, 0) is 19.1 Å². The number of para-hydroxylation sites is 1. The van der Waals surface area contributed by atoms with Gasteiger partial charge in [-0.2, -0.15) is 5.26 Å². The summed E-state index contributed by atoms with van der Waals surface area (Å²) in [5.74, 6) is 0.631. The van der Waals surface area contributed by atoms with E-state index >= 15 is 0 Å². The van der Waals surface area contributed by atoms with Gasteiger partial charge in [0, 0.05) is 32.5 Å². The lowest BCUT2D eigenvalue weighted by Gasteiger charge is -2.32. The van der Waals surface area contributed by atoms with Gasteiger partial charge in [0.05, 0.1) is 5.56 Å². The third-order valence-corrected chi connectivity index (χ3v) is 3.36. The fourth-order valence-corrected chi connectivity index (χ4v) is 2.28. The van der Waals surface area contributed by atoms with Crippen molar-refractivity contribution in [1.82, 2.24) is 10.2 Å². The summed E-state index contributed by atoms with van der Waals surface area (Å²) in [5, 5.41) is 11.8. The van der Waals surface area contributed by atoms with Gasteiger partial charge in [-0.3, -0.25) is 0 Å². The molecule has 0 aromatic heterocycles. The molecule has 1 heterocycles. The van der Waals surface area contributed by atoms with E-state index in [1.165, 1.54) is 0 Å². The second-order valence-electron chi connectivity index (χ2n) is 4.75. The minimum absolute atomic E-state index is 0.0108. The number of hydrogen-bond acceptors (Lipinski definition) is 3. The molecule has 20 heavy (non-hydrogen) atoms. The molecule has 0 radical (unpaired) electrons. The molecule has 0 unspecified atom stereocenters. The summed E-state index contributed by atoms with van der Waals surface area (Å²) in [7, 11) is 0. The van der Waals surface area contributed by atoms with Crippen LogP contribution in [0.25, 0.3) is 0 Å². The van der Waals surface area contributed by atoms with Gasteiger partial charge >= 0.3 is 6.03 Å². The van der Waals surface area contributed by atoms with E-state index in [-0.39, 0.29) is 12.1 Å². The Morgan fingerprint density at radius 1 is 1.45 bits per heavy atom. The first-order valence-electron chi connectivity index (χ1n) is 6.93. The summed E-state index contributed by atoms with van der Waals surface area (Å²) in [6, 6.07) is 9.37. The zero-order valence-corrected chi connectivity index (χ0v) is 11.6. The second kappa shape index (κ2) is 6.80. The van der Waals surface area contributed by atoms with Crippen LogP contribution in [0.4, 0.5) is 4.79 Å². The summed E-state index contributed by atoms with van der Waals surface area (Å²) in [6.07, 6.45) is 1.64. The Morgan fingerprint density at radius 3 is 2.80 bits per heavy atom. The Hall–Kier alpha value is -2.22. The van der Waals surface area contributed by atoms with Crippen molar-refractivity contribution >= 4 is 6.03 Å². The first kappa shape index (κ1) is 14.2. The van der Waals surface area contributed by atoms with E-state index in [0.29, 0.717) is 30.9 Å². The standard InChI is InChI=1S/C15H19N3O2/c1-2-17-15(19)18-9-7-13(8-10-18)20-14-6-4-3-5-12(14)11-16/h3-6,13H,2,7-10H2,1H3,(H,17,19). The van der Waals surface area contributed by atoms with Gasteiger partial charge in [0.25, 0.3) is 0 Å². The molecule has 2 amide bonds. The van der Waals surface area contributed by atoms with Crippen LogP contribution >= 0.6 is 0 Å². The van der Waals surface area contributed by atoms with Crippen LogP contribution in [0.2, 0.25) is 0 Å². The topological polar surface area (TPSA) is 65.4 Å². The molecule has 1 fully saturated rings. The van der Waals surface area contributed by atoms with E-state index in [4.69, 9.17) is 10.00 Å². The van der Waals surface area contributed by atoms with Gasteiger partial charge < -0.3 is 15.0 Å². The van der Waals surface area contributed by atoms with Crippen LogP contribution in [-0.4, -0.2) is 36.7 Å². The number of rotatable bonds is 3. The molecule has 1 aromatic rings. The molecule has 5 nitrogen and oxygen atoms in total. The van der Waals surface area contributed by atoms with E-state index in [2.05, 4.69) is 11.4 Å². The number of nitriles is 1. The predicted octanol–water partition coefficient (Wildman–Crippen LogP) is 2.13. The Kier molecular flexibility index (Phi) is 4.83. The van der Waals surface area contributed by atoms with E-state index in [0.717, 1.165) is 12.8 Å². The van der Waals surface area contributed by atoms with Crippen molar-refractivity contribution in [2.75, 3.05) is 19.6 Å². The number of urea groups is 1. The minimum Gasteiger partial charge on any atom is -0.489 e. The number of hydrogen-bond donors (Lipinski definition) is 1. The lowest BCUT2D eigenvalue weighted by molar-refractivity contribution is 0.111. The fraction of sp³-hybridized carbons (Fsp3) is 0.467. The van der Waals surface area contributed by atoms with Crippen molar-refractivity contribution in [3.05, 3.63) is 29.8 Å². The Bertz CT molecular complexity index is 502. The second-order valence-corrected chi connectivity index (χ2v) is 4.75. The molecule has 1 saturated heterocycles. The highest BCUT2D eigenvalue weighted by Crippen LogP contribution is 2.22. The molecule has 0 spiro atoms. The monoisotopic (exact) mass is 273 g/mol. The number of likely N-dealkylation sites (tertiary alicyclic amines) is 1. The number of amides is 2. The number of ether oxygens (including phenoxy) is 1. The fourth-order valence-electron chi connectivity index (χ4n) is 2.28. The lowest BCUT2D eigenvalue weighted by atomic mass is 10.1. The number of nitrogens with zero attached hydrogens (tertiary/aromatic N) is 2. The predicted molar refractivity (Wildman–Crippen MR) is 75.5 cm³/mol. The molecule has 0 saturated carbocycles. The van der Waals surface area contributed by atoms with Crippen LogP contribution < -0.4 is 10.1 Å². The summed E-state index contributed by atoms with van der Waals surface area (Å²) in [5.41, 5.74) is 0.554. The van der Waals surface area contributed by atoms with E-state index in [1.807, 2.05) is 25.1 Å². The molecule has 0 atom stereocenters. The average molecular weight is 273 g/mol. The third kappa shape index (κ3) is 3.41. The van der Waals surface area contributed by atoms with Gasteiger partial charge in [-0.25, -0.2) is 4.79 Å². The Morgan fingerprint density at radius 2 is 2.15 bits per heavy atom. The zero-order chi connectivity index (χ0) is 14.4. The third-order valence-electron chi connectivity index (χ3n) is 3.36. The van der Waals surface area contributed by atoms with Crippen LogP contribution in [0.5, 0.6) is 5.75 Å². The van der Waals surface area contributed by atoms with Crippen LogP contribution in [0.1, 0.15) is 25.3 Å². The maximum absolute atomic E-state index is 11.7. The highest BCUT2D eigenvalue weighted by Gasteiger charge is 2.24. The highest BCUT2D eigenvalue weighted by molar-refractivity contribution is 5.74. The largest absolute Gasteiger partial charge is 0.489 e. The summed E-state index contributed by atoms with van der Waals surface area (Å²) in [4.78, 5) is 13.5. The van der Waals surface area contributed by atoms with E-state index < -0.39 is 0 Å². The smallest absolute Gasteiger partial charge is 0.317 e. The molecule has 0 bridgehead atoms. The molecule has 1 aliphatic rings. The van der Waals surface area contributed by atoms with Gasteiger partial charge in [0.2, 0.25) is 0 Å². The first-order chi connectivity index (χ1) is 9.74. The number of nitrogens with one attached hydrogen (secondary N) is 1. The van der Waals surface area contributed by atoms with Crippen LogP contribution in [0, 0.1) is 11.3 Å². The van der Waals surface area contributed by atoms with Crippen molar-refractivity contribution in [2.24, 2.45) is 0 Å². The number of benzene rings is 1. The van der Waals surface area contributed by atoms with Crippen LogP contribution in [0.15, 0.2) is 24.3 Å². The highest BCUT2D eigenvalue weighted by atomic mass is 16.5. The summed E-state index contributed by atoms with van der Waals surface area (Å²) >= 11 is 0. The maximum Gasteiger partial charge on any atom is 0.317 e. The zero-order valence-electron chi connectivity index (χ0n) is 11.6. The molecule has 1 aromatic carbocycles. The number of piperidine rings is 1. The van der Waals surface area contributed by atoms with Crippen molar-refractivity contribution in [1.29, 1.82) is 5.26 Å². The number of carbonyl (C=O) groups excluding carboxylic acids is 1. The van der Waals surface area contributed by atoms with E-state index in [9.17, 15) is 4.79 Å². The molecule has 1 aliphatic heterocycles. The quantitative estimate of drug-likeness (QED) is 0.917. The van der Waals surface area contributed by atoms with Crippen molar-refractivity contribution in [3.8, 4) is 11.8 Å². The molecular weight excluding hydrogens is 254 g/mol. The normalized spacial score (nSPS) is 15.5. The summed E-state index contributed by atoms with van der Waals surface area (Å²) in [6.45, 7) is 3.92. The van der Waals surface area contributed by atoms with Crippen molar-refractivity contribution < 1.29 is 9.53 Å². The van der Waals surface area contributed by atoms with Crippen LogP contribution in [-0.2, 0) is 0 Å². The molecule has 1 N–H and O–H groups in total.